The molecule has 27 heavy (non-hydrogen) atoms. The molecule has 0 spiro atoms. The summed E-state index contributed by atoms with van der Waals surface area (Å²) in [6.07, 6.45) is 2.17. The van der Waals surface area contributed by atoms with Crippen LogP contribution in [0.15, 0.2) is 48.5 Å². The molecule has 0 aliphatic carbocycles. The molecule has 4 rings (SSSR count). The summed E-state index contributed by atoms with van der Waals surface area (Å²) in [5.74, 6) is 0.430. The highest BCUT2D eigenvalue weighted by Crippen LogP contribution is 2.36. The summed E-state index contributed by atoms with van der Waals surface area (Å²) in [5.41, 5.74) is 3.16. The lowest BCUT2D eigenvalue weighted by molar-refractivity contribution is -0.117. The van der Waals surface area contributed by atoms with Crippen LogP contribution in [0.4, 0.5) is 5.69 Å². The zero-order valence-electron chi connectivity index (χ0n) is 15.8. The van der Waals surface area contributed by atoms with Crippen molar-refractivity contribution in [3.8, 4) is 0 Å². The number of rotatable bonds is 5. The Morgan fingerprint density at radius 1 is 1.22 bits per heavy atom. The van der Waals surface area contributed by atoms with Crippen molar-refractivity contribution >= 4 is 33.1 Å². The number of para-hydroxylation sites is 2. The quantitative estimate of drug-likeness (QED) is 0.663. The monoisotopic (exact) mass is 379 g/mol. The van der Waals surface area contributed by atoms with Crippen LogP contribution in [0.5, 0.6) is 0 Å². The number of nitrogens with zero attached hydrogens (tertiary/aromatic N) is 2. The van der Waals surface area contributed by atoms with E-state index >= 15 is 0 Å². The van der Waals surface area contributed by atoms with Crippen molar-refractivity contribution in [2.75, 3.05) is 18.4 Å². The molecule has 5 heteroatoms. The molecular weight excluding hydrogens is 354 g/mol. The van der Waals surface area contributed by atoms with Gasteiger partial charge in [0.05, 0.1) is 22.8 Å². The van der Waals surface area contributed by atoms with Gasteiger partial charge in [0.15, 0.2) is 0 Å². The number of carbonyl (C=O) groups is 1. The first kappa shape index (κ1) is 18.1. The molecule has 2 heterocycles. The fraction of sp³-hybridized carbons (Fsp3) is 0.364. The minimum Gasteiger partial charge on any atom is -0.325 e. The van der Waals surface area contributed by atoms with Crippen LogP contribution in [0.25, 0.3) is 10.2 Å². The highest BCUT2D eigenvalue weighted by atomic mass is 32.1. The number of likely N-dealkylation sites (tertiary alicyclic amines) is 1. The highest BCUT2D eigenvalue weighted by molar-refractivity contribution is 7.18. The number of thiazole rings is 1. The summed E-state index contributed by atoms with van der Waals surface area (Å²) in [4.78, 5) is 19.8. The maximum Gasteiger partial charge on any atom is 0.238 e. The summed E-state index contributed by atoms with van der Waals surface area (Å²) in [5, 5.41) is 4.25. The largest absolute Gasteiger partial charge is 0.325 e. The van der Waals surface area contributed by atoms with E-state index in [0.29, 0.717) is 12.5 Å². The molecule has 2 aromatic carbocycles. The van der Waals surface area contributed by atoms with Gasteiger partial charge in [-0.15, -0.1) is 11.3 Å². The predicted molar refractivity (Wildman–Crippen MR) is 112 cm³/mol. The van der Waals surface area contributed by atoms with Crippen molar-refractivity contribution in [1.82, 2.24) is 9.88 Å². The molecule has 0 bridgehead atoms. The third-order valence-electron chi connectivity index (χ3n) is 5.16. The van der Waals surface area contributed by atoms with Crippen molar-refractivity contribution in [3.63, 3.8) is 0 Å². The molecule has 1 aromatic heterocycles. The Labute approximate surface area is 164 Å². The van der Waals surface area contributed by atoms with Gasteiger partial charge in [-0.1, -0.05) is 44.2 Å². The van der Waals surface area contributed by atoms with Crippen molar-refractivity contribution in [2.45, 2.75) is 38.6 Å². The number of amides is 1. The third kappa shape index (κ3) is 3.89. The van der Waals surface area contributed by atoms with E-state index in [1.165, 1.54) is 10.3 Å². The summed E-state index contributed by atoms with van der Waals surface area (Å²) >= 11 is 1.75. The fourth-order valence-electron chi connectivity index (χ4n) is 3.82. The minimum atomic E-state index is 0.0520. The molecule has 1 atom stereocenters. The lowest BCUT2D eigenvalue weighted by atomic mass is 10.0. The molecule has 1 aliphatic heterocycles. The zero-order valence-corrected chi connectivity index (χ0v) is 16.6. The number of hydrogen-bond donors (Lipinski definition) is 1. The Morgan fingerprint density at radius 2 is 2.00 bits per heavy atom. The van der Waals surface area contributed by atoms with E-state index in [0.717, 1.165) is 35.6 Å². The molecule has 0 saturated carbocycles. The maximum atomic E-state index is 12.7. The SMILES string of the molecule is CC(C)c1ccccc1NC(=O)CN1CCC[C@H]1c1nc2ccccc2s1. The molecule has 0 unspecified atom stereocenters. The first-order valence-electron chi connectivity index (χ1n) is 9.60. The molecule has 4 nitrogen and oxygen atoms in total. The van der Waals surface area contributed by atoms with E-state index in [-0.39, 0.29) is 11.9 Å². The van der Waals surface area contributed by atoms with Gasteiger partial charge in [0.2, 0.25) is 5.91 Å². The zero-order chi connectivity index (χ0) is 18.8. The van der Waals surface area contributed by atoms with Crippen molar-refractivity contribution in [3.05, 3.63) is 59.1 Å². The molecule has 1 N–H and O–H groups in total. The third-order valence-corrected chi connectivity index (χ3v) is 6.30. The van der Waals surface area contributed by atoms with Gasteiger partial charge >= 0.3 is 0 Å². The summed E-state index contributed by atoms with van der Waals surface area (Å²) in [6.45, 7) is 5.65. The van der Waals surface area contributed by atoms with Crippen LogP contribution in [-0.2, 0) is 4.79 Å². The Hall–Kier alpha value is -2.24. The number of aromatic nitrogens is 1. The van der Waals surface area contributed by atoms with Crippen molar-refractivity contribution < 1.29 is 4.79 Å². The first-order chi connectivity index (χ1) is 13.1. The lowest BCUT2D eigenvalue weighted by Crippen LogP contribution is -2.33. The second-order valence-electron chi connectivity index (χ2n) is 7.44. The molecule has 1 fully saturated rings. The average molecular weight is 380 g/mol. The van der Waals surface area contributed by atoms with Crippen LogP contribution < -0.4 is 5.32 Å². The predicted octanol–water partition coefficient (Wildman–Crippen LogP) is 5.20. The van der Waals surface area contributed by atoms with Gasteiger partial charge in [-0.05, 0) is 49.1 Å². The maximum absolute atomic E-state index is 12.7. The standard InChI is InChI=1S/C22H25N3OS/c1-15(2)16-8-3-4-9-17(16)23-21(26)14-25-13-7-11-19(25)22-24-18-10-5-6-12-20(18)27-22/h3-6,8-10,12,15,19H,7,11,13-14H2,1-2H3,(H,23,26)/t19-/m0/s1. The number of anilines is 1. The molecule has 1 aliphatic rings. The number of fused-ring (bicyclic) bond motifs is 1. The normalized spacial score (nSPS) is 17.7. The van der Waals surface area contributed by atoms with E-state index < -0.39 is 0 Å². The summed E-state index contributed by atoms with van der Waals surface area (Å²) in [7, 11) is 0. The number of carbonyl (C=O) groups excluding carboxylic acids is 1. The smallest absolute Gasteiger partial charge is 0.238 e. The number of hydrogen-bond acceptors (Lipinski definition) is 4. The van der Waals surface area contributed by atoms with Gasteiger partial charge in [-0.25, -0.2) is 4.98 Å². The van der Waals surface area contributed by atoms with Gasteiger partial charge in [-0.3, -0.25) is 9.69 Å². The average Bonchev–Trinajstić information content (AvgIpc) is 3.28. The van der Waals surface area contributed by atoms with Gasteiger partial charge in [0.1, 0.15) is 5.01 Å². The molecular formula is C22H25N3OS. The first-order valence-corrected chi connectivity index (χ1v) is 10.4. The Bertz CT molecular complexity index is 916. The van der Waals surface area contributed by atoms with Gasteiger partial charge in [-0.2, -0.15) is 0 Å². The molecule has 1 saturated heterocycles. The number of nitrogens with one attached hydrogen (secondary N) is 1. The van der Waals surface area contributed by atoms with Crippen LogP contribution in [0, 0.1) is 0 Å². The van der Waals surface area contributed by atoms with E-state index in [1.807, 2.05) is 24.3 Å². The van der Waals surface area contributed by atoms with E-state index in [9.17, 15) is 4.79 Å². The van der Waals surface area contributed by atoms with Crippen molar-refractivity contribution in [1.29, 1.82) is 0 Å². The second-order valence-corrected chi connectivity index (χ2v) is 8.50. The van der Waals surface area contributed by atoms with E-state index in [4.69, 9.17) is 4.98 Å². The summed E-state index contributed by atoms with van der Waals surface area (Å²) < 4.78 is 1.22. The molecule has 1 amide bonds. The Balaban J connectivity index is 1.47. The molecule has 0 radical (unpaired) electrons. The van der Waals surface area contributed by atoms with Crippen molar-refractivity contribution in [2.24, 2.45) is 0 Å². The summed E-state index contributed by atoms with van der Waals surface area (Å²) in [6, 6.07) is 16.6. The highest BCUT2D eigenvalue weighted by Gasteiger charge is 2.30. The topological polar surface area (TPSA) is 45.2 Å². The Kier molecular flexibility index (Phi) is 5.23. The second kappa shape index (κ2) is 7.79. The lowest BCUT2D eigenvalue weighted by Gasteiger charge is -2.22. The van der Waals surface area contributed by atoms with E-state index in [1.54, 1.807) is 11.3 Å². The van der Waals surface area contributed by atoms with Crippen LogP contribution in [0.3, 0.4) is 0 Å². The van der Waals surface area contributed by atoms with Gasteiger partial charge in [0.25, 0.3) is 0 Å². The fourth-order valence-corrected chi connectivity index (χ4v) is 4.95. The van der Waals surface area contributed by atoms with Crippen LogP contribution in [0.2, 0.25) is 0 Å². The molecule has 3 aromatic rings. The van der Waals surface area contributed by atoms with Crippen LogP contribution >= 0.6 is 11.3 Å². The van der Waals surface area contributed by atoms with Gasteiger partial charge in [0, 0.05) is 5.69 Å². The van der Waals surface area contributed by atoms with Gasteiger partial charge < -0.3 is 5.32 Å². The number of benzene rings is 2. The van der Waals surface area contributed by atoms with Crippen LogP contribution in [-0.4, -0.2) is 28.9 Å². The minimum absolute atomic E-state index is 0.0520. The van der Waals surface area contributed by atoms with Crippen LogP contribution in [0.1, 0.15) is 49.2 Å². The van der Waals surface area contributed by atoms with E-state index in [2.05, 4.69) is 48.3 Å². The molecule has 140 valence electrons. The Morgan fingerprint density at radius 3 is 2.81 bits per heavy atom.